The van der Waals surface area contributed by atoms with Crippen molar-refractivity contribution in [1.82, 2.24) is 20.2 Å². The molecule has 1 saturated heterocycles. The van der Waals surface area contributed by atoms with Crippen molar-refractivity contribution in [3.8, 4) is 0 Å². The third kappa shape index (κ3) is 3.38. The predicted octanol–water partition coefficient (Wildman–Crippen LogP) is 0.338. The molecular formula is C12H21N5. The van der Waals surface area contributed by atoms with E-state index in [1.165, 1.54) is 0 Å². The molecule has 94 valence electrons. The van der Waals surface area contributed by atoms with Gasteiger partial charge in [-0.3, -0.25) is 0 Å². The summed E-state index contributed by atoms with van der Waals surface area (Å²) < 4.78 is 0. The van der Waals surface area contributed by atoms with Crippen molar-refractivity contribution in [3.05, 3.63) is 18.0 Å². The van der Waals surface area contributed by atoms with Gasteiger partial charge in [0.25, 0.3) is 0 Å². The molecule has 0 unspecified atom stereocenters. The van der Waals surface area contributed by atoms with Crippen molar-refractivity contribution >= 4 is 5.95 Å². The van der Waals surface area contributed by atoms with Crippen LogP contribution in [0.1, 0.15) is 12.5 Å². The molecule has 0 amide bonds. The van der Waals surface area contributed by atoms with E-state index in [0.717, 1.165) is 50.8 Å². The molecule has 0 radical (unpaired) electrons. The minimum absolute atomic E-state index is 0.847. The lowest BCUT2D eigenvalue weighted by Crippen LogP contribution is -2.45. The first kappa shape index (κ1) is 12.3. The maximum absolute atomic E-state index is 4.44. The molecule has 0 bridgehead atoms. The van der Waals surface area contributed by atoms with E-state index < -0.39 is 0 Å². The fourth-order valence-electron chi connectivity index (χ4n) is 1.88. The second-order valence-electron chi connectivity index (χ2n) is 4.46. The maximum atomic E-state index is 4.44. The van der Waals surface area contributed by atoms with Crippen molar-refractivity contribution in [2.75, 3.05) is 44.7 Å². The number of rotatable bonds is 4. The number of likely N-dealkylation sites (N-methyl/N-ethyl adjacent to an activating group) is 1. The molecule has 1 aromatic rings. The van der Waals surface area contributed by atoms with Crippen LogP contribution in [0.4, 0.5) is 5.95 Å². The standard InChI is InChI=1S/C12H21N5/c1-3-13-8-11-9-14-12(15-10-11)17-6-4-16(2)5-7-17/h9-10,13H,3-8H2,1-2H3. The Kier molecular flexibility index (Phi) is 4.28. The van der Waals surface area contributed by atoms with Gasteiger partial charge in [0.15, 0.2) is 0 Å². The molecule has 0 aliphatic carbocycles. The van der Waals surface area contributed by atoms with Gasteiger partial charge >= 0.3 is 0 Å². The highest BCUT2D eigenvalue weighted by Crippen LogP contribution is 2.09. The van der Waals surface area contributed by atoms with Crippen molar-refractivity contribution in [2.24, 2.45) is 0 Å². The highest BCUT2D eigenvalue weighted by atomic mass is 15.3. The summed E-state index contributed by atoms with van der Waals surface area (Å²) in [6.45, 7) is 8.12. The van der Waals surface area contributed by atoms with Crippen LogP contribution in [0.25, 0.3) is 0 Å². The van der Waals surface area contributed by atoms with E-state index in [0.29, 0.717) is 0 Å². The zero-order valence-corrected chi connectivity index (χ0v) is 10.7. The molecule has 1 aliphatic heterocycles. The van der Waals surface area contributed by atoms with Crippen LogP contribution in [0, 0.1) is 0 Å². The highest BCUT2D eigenvalue weighted by molar-refractivity contribution is 5.30. The molecule has 1 aromatic heterocycles. The smallest absolute Gasteiger partial charge is 0.225 e. The summed E-state index contributed by atoms with van der Waals surface area (Å²) in [5.74, 6) is 0.860. The van der Waals surface area contributed by atoms with Gasteiger partial charge in [-0.1, -0.05) is 6.92 Å². The Hall–Kier alpha value is -1.20. The third-order valence-corrected chi connectivity index (χ3v) is 3.06. The van der Waals surface area contributed by atoms with E-state index in [-0.39, 0.29) is 0 Å². The lowest BCUT2D eigenvalue weighted by atomic mass is 10.3. The number of anilines is 1. The fourth-order valence-corrected chi connectivity index (χ4v) is 1.88. The molecule has 2 rings (SSSR count). The Morgan fingerprint density at radius 2 is 1.82 bits per heavy atom. The summed E-state index contributed by atoms with van der Waals surface area (Å²) in [7, 11) is 2.15. The van der Waals surface area contributed by atoms with E-state index in [2.05, 4.69) is 39.1 Å². The Bertz CT molecular complexity index is 329. The first-order valence-electron chi connectivity index (χ1n) is 6.24. The van der Waals surface area contributed by atoms with Gasteiger partial charge in [-0.25, -0.2) is 9.97 Å². The molecule has 2 heterocycles. The normalized spacial score (nSPS) is 17.4. The van der Waals surface area contributed by atoms with Crippen LogP contribution in [-0.4, -0.2) is 54.6 Å². The van der Waals surface area contributed by atoms with Crippen LogP contribution in [0.5, 0.6) is 0 Å². The monoisotopic (exact) mass is 235 g/mol. The van der Waals surface area contributed by atoms with Gasteiger partial charge in [0, 0.05) is 50.7 Å². The Balaban J connectivity index is 1.93. The first-order valence-corrected chi connectivity index (χ1v) is 6.24. The van der Waals surface area contributed by atoms with Crippen molar-refractivity contribution in [2.45, 2.75) is 13.5 Å². The summed E-state index contributed by atoms with van der Waals surface area (Å²) in [5.41, 5.74) is 1.14. The molecule has 5 nitrogen and oxygen atoms in total. The van der Waals surface area contributed by atoms with Crippen LogP contribution in [0.2, 0.25) is 0 Å². The maximum Gasteiger partial charge on any atom is 0.225 e. The minimum atomic E-state index is 0.847. The van der Waals surface area contributed by atoms with E-state index in [1.807, 2.05) is 12.4 Å². The molecule has 5 heteroatoms. The molecule has 0 aromatic carbocycles. The van der Waals surface area contributed by atoms with E-state index in [1.54, 1.807) is 0 Å². The number of nitrogens with zero attached hydrogens (tertiary/aromatic N) is 4. The Labute approximate surface area is 103 Å². The largest absolute Gasteiger partial charge is 0.338 e. The zero-order chi connectivity index (χ0) is 12.1. The van der Waals surface area contributed by atoms with Gasteiger partial charge in [0.1, 0.15) is 0 Å². The van der Waals surface area contributed by atoms with Crippen molar-refractivity contribution < 1.29 is 0 Å². The molecule has 1 N–H and O–H groups in total. The third-order valence-electron chi connectivity index (χ3n) is 3.06. The number of nitrogens with one attached hydrogen (secondary N) is 1. The number of piperazine rings is 1. The van der Waals surface area contributed by atoms with Crippen LogP contribution in [-0.2, 0) is 6.54 Å². The minimum Gasteiger partial charge on any atom is -0.338 e. The second-order valence-corrected chi connectivity index (χ2v) is 4.46. The van der Waals surface area contributed by atoms with Crippen LogP contribution in [0.15, 0.2) is 12.4 Å². The molecule has 1 aliphatic rings. The van der Waals surface area contributed by atoms with Gasteiger partial charge in [-0.05, 0) is 13.6 Å². The first-order chi connectivity index (χ1) is 8.29. The van der Waals surface area contributed by atoms with Crippen molar-refractivity contribution in [3.63, 3.8) is 0 Å². The van der Waals surface area contributed by atoms with E-state index in [4.69, 9.17) is 0 Å². The molecule has 1 fully saturated rings. The average molecular weight is 235 g/mol. The molecule has 0 spiro atoms. The van der Waals surface area contributed by atoms with Gasteiger partial charge < -0.3 is 15.1 Å². The number of hydrogen-bond acceptors (Lipinski definition) is 5. The van der Waals surface area contributed by atoms with Crippen LogP contribution >= 0.6 is 0 Å². The fraction of sp³-hybridized carbons (Fsp3) is 0.667. The van der Waals surface area contributed by atoms with Gasteiger partial charge in [0.05, 0.1) is 0 Å². The van der Waals surface area contributed by atoms with Gasteiger partial charge in [-0.15, -0.1) is 0 Å². The lowest BCUT2D eigenvalue weighted by Gasteiger charge is -2.32. The van der Waals surface area contributed by atoms with E-state index >= 15 is 0 Å². The molecule has 17 heavy (non-hydrogen) atoms. The summed E-state index contributed by atoms with van der Waals surface area (Å²) in [5, 5.41) is 3.27. The lowest BCUT2D eigenvalue weighted by molar-refractivity contribution is 0.311. The predicted molar refractivity (Wildman–Crippen MR) is 69.1 cm³/mol. The quantitative estimate of drug-likeness (QED) is 0.815. The molecule has 0 atom stereocenters. The summed E-state index contributed by atoms with van der Waals surface area (Å²) >= 11 is 0. The number of hydrogen-bond donors (Lipinski definition) is 1. The van der Waals surface area contributed by atoms with Gasteiger partial charge in [-0.2, -0.15) is 0 Å². The highest BCUT2D eigenvalue weighted by Gasteiger charge is 2.15. The molecular weight excluding hydrogens is 214 g/mol. The van der Waals surface area contributed by atoms with Crippen molar-refractivity contribution in [1.29, 1.82) is 0 Å². The van der Waals surface area contributed by atoms with Gasteiger partial charge in [0.2, 0.25) is 5.95 Å². The topological polar surface area (TPSA) is 44.3 Å². The zero-order valence-electron chi connectivity index (χ0n) is 10.7. The number of aromatic nitrogens is 2. The summed E-state index contributed by atoms with van der Waals surface area (Å²) in [4.78, 5) is 13.4. The van der Waals surface area contributed by atoms with Crippen LogP contribution in [0.3, 0.4) is 0 Å². The van der Waals surface area contributed by atoms with Crippen LogP contribution < -0.4 is 10.2 Å². The Morgan fingerprint density at radius 3 is 2.41 bits per heavy atom. The summed E-state index contributed by atoms with van der Waals surface area (Å²) in [6.07, 6.45) is 3.84. The SMILES string of the molecule is CCNCc1cnc(N2CCN(C)CC2)nc1. The summed E-state index contributed by atoms with van der Waals surface area (Å²) in [6, 6.07) is 0. The Morgan fingerprint density at radius 1 is 1.18 bits per heavy atom. The molecule has 0 saturated carbocycles. The second kappa shape index (κ2) is 5.93. The van der Waals surface area contributed by atoms with E-state index in [9.17, 15) is 0 Å². The average Bonchev–Trinajstić information content (AvgIpc) is 2.38.